The van der Waals surface area contributed by atoms with E-state index in [2.05, 4.69) is 0 Å². The van der Waals surface area contributed by atoms with E-state index in [0.717, 1.165) is 6.20 Å². The van der Waals surface area contributed by atoms with Crippen molar-refractivity contribution in [1.29, 1.82) is 10.5 Å². The Hall–Kier alpha value is -1.74. The Bertz CT molecular complexity index is 211. The lowest BCUT2D eigenvalue weighted by molar-refractivity contribution is 1.46. The lowest BCUT2D eigenvalue weighted by Crippen LogP contribution is -1.81. The van der Waals surface area contributed by atoms with Gasteiger partial charge in [-0.05, 0) is 6.08 Å². The van der Waals surface area contributed by atoms with Gasteiger partial charge in [-0.25, -0.2) is 0 Å². The van der Waals surface area contributed by atoms with Crippen LogP contribution in [0.25, 0.3) is 0 Å². The molecule has 44 valence electrons. The van der Waals surface area contributed by atoms with Gasteiger partial charge >= 0.3 is 0 Å². The van der Waals surface area contributed by atoms with Gasteiger partial charge < -0.3 is 5.73 Å². The number of nitriles is 2. The van der Waals surface area contributed by atoms with Gasteiger partial charge in [-0.2, -0.15) is 10.5 Å². The molecule has 0 aromatic rings. The Morgan fingerprint density at radius 2 is 2.11 bits per heavy atom. The third-order valence-corrected chi connectivity index (χ3v) is 0.646. The summed E-state index contributed by atoms with van der Waals surface area (Å²) in [6.07, 6.45) is 3.69. The van der Waals surface area contributed by atoms with Crippen LogP contribution in [0.3, 0.4) is 0 Å². The Morgan fingerprint density at radius 3 is 2.44 bits per heavy atom. The van der Waals surface area contributed by atoms with E-state index in [1.165, 1.54) is 12.2 Å². The first kappa shape index (κ1) is 7.26. The smallest absolute Gasteiger partial charge is 0.101 e. The minimum Gasteiger partial charge on any atom is -0.404 e. The summed E-state index contributed by atoms with van der Waals surface area (Å²) in [5, 5.41) is 16.2. The lowest BCUT2D eigenvalue weighted by atomic mass is 10.3. The van der Waals surface area contributed by atoms with Crippen LogP contribution in [0.5, 0.6) is 0 Å². The van der Waals surface area contributed by atoms with Crippen LogP contribution in [0, 0.1) is 22.7 Å². The Balaban J connectivity index is 4.10. The molecule has 0 saturated heterocycles. The third-order valence-electron chi connectivity index (χ3n) is 0.646. The quantitative estimate of drug-likeness (QED) is 0.402. The molecule has 0 saturated carbocycles. The maximum atomic E-state index is 8.19. The summed E-state index contributed by atoms with van der Waals surface area (Å²) in [6.45, 7) is 0. The predicted octanol–water partition coefficient (Wildman–Crippen LogP) is 0.432. The average Bonchev–Trinajstić information content (AvgIpc) is 1.91. The molecule has 3 nitrogen and oxygen atoms in total. The molecule has 9 heavy (non-hydrogen) atoms. The summed E-state index contributed by atoms with van der Waals surface area (Å²) in [5.74, 6) is 0. The number of nitrogens with two attached hydrogens (primary N) is 1. The van der Waals surface area contributed by atoms with Crippen molar-refractivity contribution in [2.45, 2.75) is 0 Å². The molecule has 0 heterocycles. The first-order chi connectivity index (χ1) is 4.35. The molecule has 0 aromatic heterocycles. The lowest BCUT2D eigenvalue weighted by Gasteiger charge is -1.77. The summed E-state index contributed by atoms with van der Waals surface area (Å²) >= 11 is 0. The van der Waals surface area contributed by atoms with E-state index in [0.29, 0.717) is 0 Å². The van der Waals surface area contributed by atoms with E-state index in [1.807, 2.05) is 0 Å². The number of hydrogen-bond donors (Lipinski definition) is 1. The van der Waals surface area contributed by atoms with Crippen molar-refractivity contribution in [2.24, 2.45) is 5.73 Å². The maximum Gasteiger partial charge on any atom is 0.101 e. The van der Waals surface area contributed by atoms with Gasteiger partial charge in [0, 0.05) is 12.3 Å². The van der Waals surface area contributed by atoms with Crippen LogP contribution in [-0.2, 0) is 0 Å². The Kier molecular flexibility index (Phi) is 3.57. The first-order valence-electron chi connectivity index (χ1n) is 2.23. The van der Waals surface area contributed by atoms with Crippen molar-refractivity contribution in [3.05, 3.63) is 23.9 Å². The van der Waals surface area contributed by atoms with Gasteiger partial charge in [0.05, 0.1) is 11.6 Å². The van der Waals surface area contributed by atoms with Crippen molar-refractivity contribution in [1.82, 2.24) is 0 Å². The Labute approximate surface area is 53.3 Å². The molecule has 0 unspecified atom stereocenters. The highest BCUT2D eigenvalue weighted by Crippen LogP contribution is 1.88. The standard InChI is InChI=1S/C6H5N3/c7-3-1-2-6(4-8)5-9/h1-2,4H,8H2/b2-1+,6-4+. The summed E-state index contributed by atoms with van der Waals surface area (Å²) in [4.78, 5) is 0. The minimum atomic E-state index is 0.288. The molecule has 3 heteroatoms. The molecule has 0 aliphatic carbocycles. The van der Waals surface area contributed by atoms with E-state index >= 15 is 0 Å². The molecule has 0 radical (unpaired) electrons. The van der Waals surface area contributed by atoms with Crippen molar-refractivity contribution in [2.75, 3.05) is 0 Å². The highest BCUT2D eigenvalue weighted by Gasteiger charge is 1.81. The highest BCUT2D eigenvalue weighted by molar-refractivity contribution is 5.33. The van der Waals surface area contributed by atoms with E-state index in [1.54, 1.807) is 12.1 Å². The summed E-state index contributed by atoms with van der Waals surface area (Å²) in [7, 11) is 0. The highest BCUT2D eigenvalue weighted by atomic mass is 14.5. The zero-order valence-electron chi connectivity index (χ0n) is 4.70. The van der Waals surface area contributed by atoms with E-state index in [4.69, 9.17) is 16.3 Å². The molecule has 0 spiro atoms. The average molecular weight is 119 g/mol. The van der Waals surface area contributed by atoms with Crippen LogP contribution in [0.15, 0.2) is 23.9 Å². The SMILES string of the molecule is N#C/C=C/C(C#N)=C\N. The summed E-state index contributed by atoms with van der Waals surface area (Å²) in [6, 6.07) is 3.52. The second-order valence-electron chi connectivity index (χ2n) is 1.20. The molecular weight excluding hydrogens is 114 g/mol. The fourth-order valence-electron chi connectivity index (χ4n) is 0.257. The zero-order valence-corrected chi connectivity index (χ0v) is 4.70. The number of allylic oxidation sites excluding steroid dienone is 3. The number of nitrogens with zero attached hydrogens (tertiary/aromatic N) is 2. The molecule has 0 fully saturated rings. The van der Waals surface area contributed by atoms with Crippen LogP contribution >= 0.6 is 0 Å². The van der Waals surface area contributed by atoms with Crippen molar-refractivity contribution in [3.63, 3.8) is 0 Å². The topological polar surface area (TPSA) is 73.6 Å². The number of rotatable bonds is 1. The fourth-order valence-corrected chi connectivity index (χ4v) is 0.257. The first-order valence-corrected chi connectivity index (χ1v) is 2.23. The second kappa shape index (κ2) is 4.42. The normalized spacial score (nSPS) is 10.7. The van der Waals surface area contributed by atoms with Gasteiger partial charge in [-0.1, -0.05) is 0 Å². The van der Waals surface area contributed by atoms with Gasteiger partial charge in [0.1, 0.15) is 6.07 Å². The van der Waals surface area contributed by atoms with Crippen LogP contribution < -0.4 is 5.73 Å². The van der Waals surface area contributed by atoms with Crippen LogP contribution in [-0.4, -0.2) is 0 Å². The molecule has 0 amide bonds. The van der Waals surface area contributed by atoms with Gasteiger partial charge in [0.25, 0.3) is 0 Å². The van der Waals surface area contributed by atoms with Crippen molar-refractivity contribution >= 4 is 0 Å². The number of hydrogen-bond acceptors (Lipinski definition) is 3. The minimum absolute atomic E-state index is 0.288. The van der Waals surface area contributed by atoms with Crippen molar-refractivity contribution < 1.29 is 0 Å². The molecular formula is C6H5N3. The van der Waals surface area contributed by atoms with Gasteiger partial charge in [0.2, 0.25) is 0 Å². The fraction of sp³-hybridized carbons (Fsp3) is 0. The largest absolute Gasteiger partial charge is 0.404 e. The van der Waals surface area contributed by atoms with Gasteiger partial charge in [-0.15, -0.1) is 0 Å². The second-order valence-corrected chi connectivity index (χ2v) is 1.20. The molecule has 0 rings (SSSR count). The van der Waals surface area contributed by atoms with Crippen LogP contribution in [0.2, 0.25) is 0 Å². The molecule has 0 aliphatic rings. The summed E-state index contributed by atoms with van der Waals surface area (Å²) < 4.78 is 0. The van der Waals surface area contributed by atoms with E-state index < -0.39 is 0 Å². The van der Waals surface area contributed by atoms with Crippen molar-refractivity contribution in [3.8, 4) is 12.1 Å². The van der Waals surface area contributed by atoms with E-state index in [9.17, 15) is 0 Å². The van der Waals surface area contributed by atoms with Gasteiger partial charge in [-0.3, -0.25) is 0 Å². The van der Waals surface area contributed by atoms with Crippen LogP contribution in [0.1, 0.15) is 0 Å². The third kappa shape index (κ3) is 2.90. The van der Waals surface area contributed by atoms with Gasteiger partial charge in [0.15, 0.2) is 0 Å². The monoisotopic (exact) mass is 119 g/mol. The Morgan fingerprint density at radius 1 is 1.44 bits per heavy atom. The molecule has 0 aliphatic heterocycles. The predicted molar refractivity (Wildman–Crippen MR) is 32.6 cm³/mol. The molecule has 0 bridgehead atoms. The zero-order chi connectivity index (χ0) is 7.11. The molecule has 0 aromatic carbocycles. The molecule has 0 atom stereocenters. The van der Waals surface area contributed by atoms with Crippen LogP contribution in [0.4, 0.5) is 0 Å². The summed E-state index contributed by atoms with van der Waals surface area (Å²) in [5.41, 5.74) is 5.27. The van der Waals surface area contributed by atoms with E-state index in [-0.39, 0.29) is 5.57 Å². The molecule has 2 N–H and O–H groups in total. The maximum absolute atomic E-state index is 8.19.